The first kappa shape index (κ1) is 17.4. The minimum atomic E-state index is -0.532. The lowest BCUT2D eigenvalue weighted by atomic mass is 10.1. The first-order chi connectivity index (χ1) is 13.4. The summed E-state index contributed by atoms with van der Waals surface area (Å²) < 4.78 is 14.6. The molecule has 2 aromatic heterocycles. The summed E-state index contributed by atoms with van der Waals surface area (Å²) in [5.74, 6) is 2.07. The van der Waals surface area contributed by atoms with Gasteiger partial charge in [0.25, 0.3) is 0 Å². The molecule has 0 radical (unpaired) electrons. The molecule has 3 saturated carbocycles. The van der Waals surface area contributed by atoms with Crippen LogP contribution in [0.3, 0.4) is 0 Å². The second-order valence-corrected chi connectivity index (χ2v) is 9.62. The van der Waals surface area contributed by atoms with Gasteiger partial charge < -0.3 is 19.4 Å². The van der Waals surface area contributed by atoms with Crippen LogP contribution in [0, 0.1) is 17.8 Å². The largest absolute Gasteiger partial charge is 0.365 e. The van der Waals surface area contributed by atoms with Gasteiger partial charge in [-0.15, -0.1) is 0 Å². The van der Waals surface area contributed by atoms with Crippen LogP contribution in [-0.2, 0) is 9.47 Å². The molecule has 0 spiro atoms. The predicted octanol–water partition coefficient (Wildman–Crippen LogP) is 3.79. The Labute approximate surface area is 169 Å². The Kier molecular flexibility index (Phi) is 3.61. The van der Waals surface area contributed by atoms with Crippen molar-refractivity contribution in [2.75, 3.05) is 5.32 Å². The maximum Gasteiger partial charge on any atom is 0.226 e. The second kappa shape index (κ2) is 5.80. The zero-order valence-electron chi connectivity index (χ0n) is 16.4. The van der Waals surface area contributed by atoms with Gasteiger partial charge in [0, 0.05) is 6.04 Å². The smallest absolute Gasteiger partial charge is 0.226 e. The summed E-state index contributed by atoms with van der Waals surface area (Å²) in [4.78, 5) is 13.7. The Morgan fingerprint density at radius 1 is 1.25 bits per heavy atom. The maximum atomic E-state index is 6.33. The molecule has 0 amide bonds. The Hall–Kier alpha value is -1.44. The molecule has 3 heterocycles. The molecule has 0 bridgehead atoms. The zero-order chi connectivity index (χ0) is 19.2. The van der Waals surface area contributed by atoms with Crippen LogP contribution in [-0.4, -0.2) is 43.6 Å². The van der Waals surface area contributed by atoms with Crippen LogP contribution in [0.4, 0.5) is 5.82 Å². The molecule has 1 N–H and O–H groups in total. The molecular formula is C20H26ClN5O2. The highest BCUT2D eigenvalue weighted by Crippen LogP contribution is 2.63. The van der Waals surface area contributed by atoms with Crippen LogP contribution in [0.2, 0.25) is 5.28 Å². The van der Waals surface area contributed by atoms with Crippen molar-refractivity contribution in [1.82, 2.24) is 19.5 Å². The molecule has 6 atom stereocenters. The van der Waals surface area contributed by atoms with Gasteiger partial charge >= 0.3 is 0 Å². The van der Waals surface area contributed by atoms with Gasteiger partial charge in [0.05, 0.1) is 18.5 Å². The van der Waals surface area contributed by atoms with Crippen LogP contribution < -0.4 is 5.32 Å². The first-order valence-electron chi connectivity index (χ1n) is 10.5. The van der Waals surface area contributed by atoms with Crippen LogP contribution in [0.25, 0.3) is 11.2 Å². The summed E-state index contributed by atoms with van der Waals surface area (Å²) in [6.45, 7) is 6.20. The van der Waals surface area contributed by atoms with E-state index in [1.165, 1.54) is 19.3 Å². The number of ether oxygens (including phenoxy) is 2. The monoisotopic (exact) mass is 403 g/mol. The van der Waals surface area contributed by atoms with Crippen LogP contribution in [0.1, 0.15) is 52.5 Å². The lowest BCUT2D eigenvalue weighted by molar-refractivity contribution is -0.156. The van der Waals surface area contributed by atoms with Crippen molar-refractivity contribution in [2.45, 2.75) is 76.5 Å². The highest BCUT2D eigenvalue weighted by molar-refractivity contribution is 6.28. The Bertz CT molecular complexity index is 942. The molecule has 0 aromatic carbocycles. The van der Waals surface area contributed by atoms with Crippen molar-refractivity contribution in [3.63, 3.8) is 0 Å². The van der Waals surface area contributed by atoms with E-state index in [9.17, 15) is 0 Å². The lowest BCUT2D eigenvalue weighted by Crippen LogP contribution is -2.30. The summed E-state index contributed by atoms with van der Waals surface area (Å²) in [6.07, 6.45) is 6.88. The standard InChI is InChI=1S/C20H26ClN5O2/c1-4-12(9-5-6-9)23-17-13-18(25-19(21)24-17)26(8-22-13)14-10-7-11(10)15-16(14)28-20(2,3)27-15/h8-12,14-16H,4-7H2,1-3H3,(H,23,24,25)/t10-,11+,12+,14+,15+,16-/m0/s1. The van der Waals surface area contributed by atoms with Gasteiger partial charge in [0.1, 0.15) is 6.10 Å². The third-order valence-corrected chi connectivity index (χ3v) is 7.09. The van der Waals surface area contributed by atoms with Crippen molar-refractivity contribution >= 4 is 28.6 Å². The normalized spacial score (nSPS) is 36.4. The average Bonchev–Trinajstić information content (AvgIpc) is 3.53. The number of imidazole rings is 1. The summed E-state index contributed by atoms with van der Waals surface area (Å²) in [6, 6.07) is 0.598. The number of nitrogens with zero attached hydrogens (tertiary/aromatic N) is 4. The zero-order valence-corrected chi connectivity index (χ0v) is 17.2. The molecule has 150 valence electrons. The lowest BCUT2D eigenvalue weighted by Gasteiger charge is -2.24. The fraction of sp³-hybridized carbons (Fsp3) is 0.750. The van der Waals surface area contributed by atoms with E-state index in [-0.39, 0.29) is 23.5 Å². The SMILES string of the molecule is CC[C@@H](Nc1nc(Cl)nc2c1ncn2[C@@H]1[C@H]2C[C@H]2[C@H]2OC(C)(C)O[C@H]21)C1CC1. The summed E-state index contributed by atoms with van der Waals surface area (Å²) >= 11 is 6.33. The van der Waals surface area contributed by atoms with E-state index in [4.69, 9.17) is 26.1 Å². The fourth-order valence-electron chi connectivity index (χ4n) is 5.46. The van der Waals surface area contributed by atoms with Gasteiger partial charge in [0.15, 0.2) is 22.8 Å². The van der Waals surface area contributed by atoms with E-state index >= 15 is 0 Å². The first-order valence-corrected chi connectivity index (χ1v) is 10.8. The van der Waals surface area contributed by atoms with E-state index < -0.39 is 5.79 Å². The van der Waals surface area contributed by atoms with Crippen LogP contribution in [0.5, 0.6) is 0 Å². The third kappa shape index (κ3) is 2.59. The van der Waals surface area contributed by atoms with Gasteiger partial charge in [-0.2, -0.15) is 9.97 Å². The molecule has 1 aliphatic heterocycles. The molecule has 6 rings (SSSR count). The molecule has 0 unspecified atom stereocenters. The van der Waals surface area contributed by atoms with Gasteiger partial charge in [-0.25, -0.2) is 4.98 Å². The molecule has 2 aromatic rings. The van der Waals surface area contributed by atoms with Gasteiger partial charge in [-0.05, 0) is 68.9 Å². The fourth-order valence-corrected chi connectivity index (χ4v) is 5.63. The molecule has 3 aliphatic carbocycles. The van der Waals surface area contributed by atoms with E-state index in [2.05, 4.69) is 26.8 Å². The van der Waals surface area contributed by atoms with E-state index in [1.807, 2.05) is 20.2 Å². The molecule has 8 heteroatoms. The van der Waals surface area contributed by atoms with Crippen LogP contribution >= 0.6 is 11.6 Å². The molecule has 28 heavy (non-hydrogen) atoms. The van der Waals surface area contributed by atoms with Crippen molar-refractivity contribution in [3.05, 3.63) is 11.6 Å². The quantitative estimate of drug-likeness (QED) is 0.765. The maximum absolute atomic E-state index is 6.33. The number of fused-ring (bicyclic) bond motifs is 4. The van der Waals surface area contributed by atoms with Crippen LogP contribution in [0.15, 0.2) is 6.33 Å². The average molecular weight is 404 g/mol. The van der Waals surface area contributed by atoms with Crippen molar-refractivity contribution in [3.8, 4) is 0 Å². The van der Waals surface area contributed by atoms with Crippen molar-refractivity contribution in [1.29, 1.82) is 0 Å². The predicted molar refractivity (Wildman–Crippen MR) is 105 cm³/mol. The van der Waals surface area contributed by atoms with Gasteiger partial charge in [0.2, 0.25) is 5.28 Å². The molecule has 7 nitrogen and oxygen atoms in total. The molecule has 4 aliphatic rings. The summed E-state index contributed by atoms with van der Waals surface area (Å²) in [5.41, 5.74) is 1.58. The molecule has 4 fully saturated rings. The Balaban J connectivity index is 1.39. The minimum Gasteiger partial charge on any atom is -0.365 e. The van der Waals surface area contributed by atoms with Crippen molar-refractivity contribution in [2.24, 2.45) is 17.8 Å². The highest BCUT2D eigenvalue weighted by atomic mass is 35.5. The Morgan fingerprint density at radius 2 is 2.04 bits per heavy atom. The Morgan fingerprint density at radius 3 is 2.79 bits per heavy atom. The summed E-state index contributed by atoms with van der Waals surface area (Å²) in [7, 11) is 0. The highest BCUT2D eigenvalue weighted by Gasteiger charge is 2.66. The second-order valence-electron chi connectivity index (χ2n) is 9.28. The van der Waals surface area contributed by atoms with E-state index in [0.717, 1.165) is 29.3 Å². The number of hydrogen-bond donors (Lipinski definition) is 1. The number of hydrogen-bond acceptors (Lipinski definition) is 6. The number of halogens is 1. The van der Waals surface area contributed by atoms with E-state index in [0.29, 0.717) is 17.9 Å². The van der Waals surface area contributed by atoms with Gasteiger partial charge in [-0.3, -0.25) is 0 Å². The number of aromatic nitrogens is 4. The minimum absolute atomic E-state index is 0.0381. The number of rotatable bonds is 5. The number of anilines is 1. The van der Waals surface area contributed by atoms with Crippen molar-refractivity contribution < 1.29 is 9.47 Å². The molecular weight excluding hydrogens is 378 g/mol. The van der Waals surface area contributed by atoms with E-state index in [1.54, 1.807) is 0 Å². The third-order valence-electron chi connectivity index (χ3n) is 6.92. The number of nitrogens with one attached hydrogen (secondary N) is 1. The molecule has 1 saturated heterocycles. The van der Waals surface area contributed by atoms with Gasteiger partial charge in [-0.1, -0.05) is 6.92 Å². The summed E-state index contributed by atoms with van der Waals surface area (Å²) in [5, 5.41) is 3.85. The topological polar surface area (TPSA) is 74.1 Å².